The van der Waals surface area contributed by atoms with Crippen LogP contribution >= 0.6 is 9.47 Å². The summed E-state index contributed by atoms with van der Waals surface area (Å²) in [5, 5.41) is 36.7. The van der Waals surface area contributed by atoms with Crippen LogP contribution in [0.25, 0.3) is 0 Å². The molecule has 0 saturated heterocycles. The first-order valence-electron chi connectivity index (χ1n) is 15.1. The first-order chi connectivity index (χ1) is 20.0. The molecular formula is C33H50N2O6P+. The molecule has 1 aromatic rings. The Kier molecular flexibility index (Phi) is 13.1. The highest BCUT2D eigenvalue weighted by Gasteiger charge is 2.45. The average Bonchev–Trinajstić information content (AvgIpc) is 2.97. The van der Waals surface area contributed by atoms with E-state index in [-0.39, 0.29) is 18.4 Å². The van der Waals surface area contributed by atoms with Gasteiger partial charge in [0.2, 0.25) is 5.66 Å². The van der Waals surface area contributed by atoms with Gasteiger partial charge in [-0.15, -0.1) is 0 Å². The molecule has 4 N–H and O–H groups in total. The number of nitrogens with zero attached hydrogens (tertiary/aromatic N) is 1. The van der Waals surface area contributed by atoms with E-state index in [2.05, 4.69) is 20.9 Å². The summed E-state index contributed by atoms with van der Waals surface area (Å²) in [6.07, 6.45) is 20.1. The predicted octanol–water partition coefficient (Wildman–Crippen LogP) is 4.03. The van der Waals surface area contributed by atoms with Crippen LogP contribution in [0.3, 0.4) is 0 Å². The fourth-order valence-electron chi connectivity index (χ4n) is 5.83. The van der Waals surface area contributed by atoms with Gasteiger partial charge in [0.15, 0.2) is 12.4 Å². The van der Waals surface area contributed by atoms with Crippen LogP contribution in [0.5, 0.6) is 0 Å². The minimum Gasteiger partial charge on any atom is -0.454 e. The molecule has 8 nitrogen and oxygen atoms in total. The molecule has 2 heterocycles. The van der Waals surface area contributed by atoms with Crippen molar-refractivity contribution in [1.29, 1.82) is 0 Å². The number of ether oxygens (including phenoxy) is 1. The molecule has 9 heteroatoms. The molecule has 1 aromatic heterocycles. The van der Waals surface area contributed by atoms with E-state index >= 15 is 0 Å². The topological polar surface area (TPSA) is 112 Å². The molecule has 9 unspecified atom stereocenters. The number of carbonyl (C=O) groups excluding carboxylic acids is 1. The summed E-state index contributed by atoms with van der Waals surface area (Å²) in [7, 11) is 2.23. The van der Waals surface area contributed by atoms with Crippen molar-refractivity contribution in [2.24, 2.45) is 11.8 Å². The van der Waals surface area contributed by atoms with Gasteiger partial charge in [-0.05, 0) is 50.7 Å². The normalized spacial score (nSPS) is 27.3. The summed E-state index contributed by atoms with van der Waals surface area (Å²) < 4.78 is 13.3. The van der Waals surface area contributed by atoms with E-state index in [4.69, 9.17) is 9.26 Å². The van der Waals surface area contributed by atoms with Crippen molar-refractivity contribution >= 4 is 15.4 Å². The smallest absolute Gasteiger partial charge is 0.331 e. The van der Waals surface area contributed by atoms with Gasteiger partial charge >= 0.3 is 5.97 Å². The summed E-state index contributed by atoms with van der Waals surface area (Å²) in [6.45, 7) is 7.92. The van der Waals surface area contributed by atoms with Crippen LogP contribution in [0.4, 0.5) is 0 Å². The van der Waals surface area contributed by atoms with Crippen LogP contribution in [0.2, 0.25) is 0 Å². The monoisotopic (exact) mass is 601 g/mol. The van der Waals surface area contributed by atoms with E-state index in [0.29, 0.717) is 5.92 Å². The zero-order valence-electron chi connectivity index (χ0n) is 25.4. The summed E-state index contributed by atoms with van der Waals surface area (Å²) >= 11 is 0. The summed E-state index contributed by atoms with van der Waals surface area (Å²) in [4.78, 5) is 12.0. The van der Waals surface area contributed by atoms with Crippen LogP contribution in [0.15, 0.2) is 79.2 Å². The van der Waals surface area contributed by atoms with Gasteiger partial charge in [-0.25, -0.2) is 4.79 Å². The molecule has 1 saturated carbocycles. The predicted molar refractivity (Wildman–Crippen MR) is 167 cm³/mol. The first-order valence-corrected chi connectivity index (χ1v) is 15.6. The fraction of sp³-hybridized carbons (Fsp3) is 0.576. The van der Waals surface area contributed by atoms with Crippen molar-refractivity contribution in [2.75, 3.05) is 0 Å². The van der Waals surface area contributed by atoms with Crippen LogP contribution in [0, 0.1) is 11.8 Å². The SMILES string of the molecule is CCC1C=CC(=O)OC1C=CC(O)(C(C)NC(C)(C)[n+]1ccccc1)C(CC(O)C=CC=CC1CCCC(O)C1)OP. The maximum atomic E-state index is 12.3. The Balaban J connectivity index is 1.82. The van der Waals surface area contributed by atoms with Gasteiger partial charge in [0.25, 0.3) is 0 Å². The van der Waals surface area contributed by atoms with Crippen LogP contribution in [0.1, 0.15) is 66.2 Å². The first kappa shape index (κ1) is 34.3. The van der Waals surface area contributed by atoms with E-state index < -0.39 is 41.6 Å². The van der Waals surface area contributed by atoms with Crippen molar-refractivity contribution in [1.82, 2.24) is 5.32 Å². The maximum absolute atomic E-state index is 12.3. The minimum atomic E-state index is -1.59. The Hall–Kier alpha value is -2.19. The molecule has 1 aliphatic heterocycles. The van der Waals surface area contributed by atoms with Crippen molar-refractivity contribution in [3.63, 3.8) is 0 Å². The van der Waals surface area contributed by atoms with E-state index in [0.717, 1.165) is 32.1 Å². The number of aliphatic hydroxyl groups excluding tert-OH is 2. The fourth-order valence-corrected chi connectivity index (χ4v) is 6.16. The molecule has 0 aromatic carbocycles. The summed E-state index contributed by atoms with van der Waals surface area (Å²) in [5.74, 6) is -0.0908. The number of cyclic esters (lactones) is 1. The molecule has 1 aliphatic carbocycles. The van der Waals surface area contributed by atoms with Crippen LogP contribution in [-0.2, 0) is 19.7 Å². The number of pyridine rings is 1. The second kappa shape index (κ2) is 16.0. The number of esters is 1. The molecule has 1 fully saturated rings. The minimum absolute atomic E-state index is 0.0104. The van der Waals surface area contributed by atoms with E-state index in [1.165, 1.54) is 6.08 Å². The van der Waals surface area contributed by atoms with Gasteiger partial charge in [0, 0.05) is 59.9 Å². The average molecular weight is 602 g/mol. The van der Waals surface area contributed by atoms with Gasteiger partial charge in [-0.1, -0.05) is 49.8 Å². The standard InChI is InChI=1S/C33H50N2O6P/c1-5-26-16-17-31(38)40-29(26)18-19-33(39,24(2)34-32(3,4)35-20-9-6-10-21-35)30(41-42)23-28(37)14-8-7-12-25-13-11-15-27(36)22-25/h6-10,12,14,16-21,24-30,34,36-37,39H,5,11,13,15,22-23,42H2,1-4H3/q+1. The van der Waals surface area contributed by atoms with E-state index in [9.17, 15) is 20.1 Å². The number of rotatable bonds is 14. The lowest BCUT2D eigenvalue weighted by Crippen LogP contribution is -2.68. The number of nitrogens with one attached hydrogen (secondary N) is 1. The van der Waals surface area contributed by atoms with Crippen LogP contribution < -0.4 is 9.88 Å². The molecule has 2 aliphatic rings. The number of hydrogen-bond acceptors (Lipinski definition) is 7. The van der Waals surface area contributed by atoms with Crippen molar-refractivity contribution < 1.29 is 33.9 Å². The number of aromatic nitrogens is 1. The lowest BCUT2D eigenvalue weighted by Gasteiger charge is -2.41. The van der Waals surface area contributed by atoms with Crippen molar-refractivity contribution in [3.05, 3.63) is 79.2 Å². The van der Waals surface area contributed by atoms with Crippen molar-refractivity contribution in [2.45, 2.75) is 108 Å². The molecular weight excluding hydrogens is 551 g/mol. The highest BCUT2D eigenvalue weighted by atomic mass is 31.0. The molecule has 232 valence electrons. The molecule has 0 amide bonds. The molecule has 3 rings (SSSR count). The lowest BCUT2D eigenvalue weighted by molar-refractivity contribution is -0.765. The van der Waals surface area contributed by atoms with Crippen molar-refractivity contribution in [3.8, 4) is 0 Å². The zero-order valence-corrected chi connectivity index (χ0v) is 26.5. The Labute approximate surface area is 253 Å². The lowest BCUT2D eigenvalue weighted by atomic mass is 9.83. The quantitative estimate of drug-likeness (QED) is 0.0838. The molecule has 9 atom stereocenters. The second-order valence-corrected chi connectivity index (χ2v) is 12.3. The second-order valence-electron chi connectivity index (χ2n) is 12.1. The van der Waals surface area contributed by atoms with E-state index in [1.807, 2.05) is 75.0 Å². The largest absolute Gasteiger partial charge is 0.454 e. The van der Waals surface area contributed by atoms with Gasteiger partial charge < -0.3 is 24.6 Å². The number of hydrogen-bond donors (Lipinski definition) is 4. The maximum Gasteiger partial charge on any atom is 0.331 e. The van der Waals surface area contributed by atoms with E-state index in [1.54, 1.807) is 24.3 Å². The Morgan fingerprint density at radius 2 is 1.95 bits per heavy atom. The Morgan fingerprint density at radius 3 is 2.62 bits per heavy atom. The zero-order chi connectivity index (χ0) is 30.8. The Bertz CT molecular complexity index is 1110. The number of allylic oxidation sites excluding steroid dienone is 3. The third-order valence-corrected chi connectivity index (χ3v) is 8.78. The van der Waals surface area contributed by atoms with Gasteiger partial charge in [0.05, 0.1) is 18.3 Å². The number of aliphatic hydroxyl groups is 3. The highest BCUT2D eigenvalue weighted by molar-refractivity contribution is 7.09. The van der Waals surface area contributed by atoms with Crippen LogP contribution in [-0.4, -0.2) is 57.3 Å². The Morgan fingerprint density at radius 1 is 1.21 bits per heavy atom. The molecule has 0 radical (unpaired) electrons. The highest BCUT2D eigenvalue weighted by Crippen LogP contribution is 2.30. The van der Waals surface area contributed by atoms with Gasteiger partial charge in [-0.2, -0.15) is 4.57 Å². The van der Waals surface area contributed by atoms with Gasteiger partial charge in [-0.3, -0.25) is 5.32 Å². The molecule has 42 heavy (non-hydrogen) atoms. The summed E-state index contributed by atoms with van der Waals surface area (Å²) in [5.41, 5.74) is -2.17. The third-order valence-electron chi connectivity index (χ3n) is 8.45. The van der Waals surface area contributed by atoms with Gasteiger partial charge in [0.1, 0.15) is 11.7 Å². The number of carbonyl (C=O) groups is 1. The molecule has 0 spiro atoms. The molecule has 0 bridgehead atoms. The third kappa shape index (κ3) is 9.66. The summed E-state index contributed by atoms with van der Waals surface area (Å²) in [6, 6.07) is 5.28.